The van der Waals surface area contributed by atoms with Crippen molar-refractivity contribution in [2.24, 2.45) is 5.92 Å². The third-order valence-corrected chi connectivity index (χ3v) is 6.47. The molecule has 144 valence electrons. The molecule has 0 saturated carbocycles. The number of carboxylic acids is 1. The maximum absolute atomic E-state index is 12.7. The summed E-state index contributed by atoms with van der Waals surface area (Å²) in [6.07, 6.45) is 2.27. The lowest BCUT2D eigenvalue weighted by Gasteiger charge is -2.30. The number of amides is 1. The quantitative estimate of drug-likeness (QED) is 0.779. The summed E-state index contributed by atoms with van der Waals surface area (Å²) in [5.74, 6) is -0.808. The summed E-state index contributed by atoms with van der Waals surface area (Å²) in [7, 11) is -1.94. The molecule has 0 aromatic heterocycles. The minimum absolute atomic E-state index is 0.00303. The third kappa shape index (κ3) is 5.04. The maximum atomic E-state index is 12.7. The van der Waals surface area contributed by atoms with Crippen molar-refractivity contribution in [1.82, 2.24) is 9.21 Å². The Kier molecular flexibility index (Phi) is 6.77. The van der Waals surface area contributed by atoms with Crippen LogP contribution in [0.25, 0.3) is 0 Å². The highest BCUT2D eigenvalue weighted by Crippen LogP contribution is 2.23. The van der Waals surface area contributed by atoms with Crippen LogP contribution in [0.4, 0.5) is 0 Å². The monoisotopic (exact) mass is 382 g/mol. The molecule has 1 amide bonds. The fourth-order valence-electron chi connectivity index (χ4n) is 3.07. The molecule has 1 aliphatic heterocycles. The zero-order valence-electron chi connectivity index (χ0n) is 15.2. The molecule has 1 aliphatic rings. The molecular weight excluding hydrogens is 356 g/mol. The predicted molar refractivity (Wildman–Crippen MR) is 97.4 cm³/mol. The van der Waals surface area contributed by atoms with E-state index >= 15 is 0 Å². The highest BCUT2D eigenvalue weighted by Gasteiger charge is 2.28. The molecule has 1 saturated heterocycles. The highest BCUT2D eigenvalue weighted by atomic mass is 32.2. The predicted octanol–water partition coefficient (Wildman–Crippen LogP) is 2.04. The van der Waals surface area contributed by atoms with E-state index in [1.165, 1.54) is 33.5 Å². The summed E-state index contributed by atoms with van der Waals surface area (Å²) < 4.78 is 27.0. The first-order valence-corrected chi connectivity index (χ1v) is 10.2. The molecule has 1 fully saturated rings. The number of carbonyl (C=O) groups is 2. The molecule has 0 bridgehead atoms. The number of sulfonamides is 1. The van der Waals surface area contributed by atoms with Crippen molar-refractivity contribution in [3.63, 3.8) is 0 Å². The molecule has 1 aromatic rings. The van der Waals surface area contributed by atoms with Crippen molar-refractivity contribution in [3.05, 3.63) is 29.8 Å². The molecule has 1 N–H and O–H groups in total. The van der Waals surface area contributed by atoms with Gasteiger partial charge >= 0.3 is 5.97 Å². The fraction of sp³-hybridized carbons (Fsp3) is 0.556. The number of piperidine rings is 1. The van der Waals surface area contributed by atoms with Crippen LogP contribution in [-0.2, 0) is 14.8 Å². The summed E-state index contributed by atoms with van der Waals surface area (Å²) in [6.45, 7) is 3.43. The van der Waals surface area contributed by atoms with Crippen LogP contribution >= 0.6 is 0 Å². The number of carbonyl (C=O) groups excluding carboxylic acids is 1. The van der Waals surface area contributed by atoms with Crippen LogP contribution in [0.3, 0.4) is 0 Å². The molecule has 0 aliphatic carbocycles. The van der Waals surface area contributed by atoms with Crippen molar-refractivity contribution in [2.45, 2.75) is 37.5 Å². The van der Waals surface area contributed by atoms with Gasteiger partial charge in [0.15, 0.2) is 0 Å². The summed E-state index contributed by atoms with van der Waals surface area (Å²) in [5.41, 5.74) is 0.383. The molecule has 8 heteroatoms. The van der Waals surface area contributed by atoms with Crippen LogP contribution in [0, 0.1) is 5.92 Å². The number of aliphatic carboxylic acids is 1. The first-order valence-electron chi connectivity index (χ1n) is 8.79. The molecule has 26 heavy (non-hydrogen) atoms. The van der Waals surface area contributed by atoms with Gasteiger partial charge in [-0.15, -0.1) is 0 Å². The Balaban J connectivity index is 2.05. The standard InChI is InChI=1S/C18H26N2O5S/c1-14-5-3-12-20(13-14)26(24,25)16-9-7-15(8-10-16)18(23)19(2)11-4-6-17(21)22/h7-10,14H,3-6,11-13H2,1-2H3,(H,21,22). The molecule has 0 spiro atoms. The van der Waals surface area contributed by atoms with Crippen molar-refractivity contribution in [2.75, 3.05) is 26.7 Å². The molecule has 1 heterocycles. The zero-order valence-corrected chi connectivity index (χ0v) is 16.0. The Morgan fingerprint density at radius 1 is 1.27 bits per heavy atom. The van der Waals surface area contributed by atoms with E-state index in [0.717, 1.165) is 12.8 Å². The second-order valence-corrected chi connectivity index (χ2v) is 8.80. The number of benzene rings is 1. The van der Waals surface area contributed by atoms with Gasteiger partial charge in [0.1, 0.15) is 0 Å². The van der Waals surface area contributed by atoms with E-state index in [9.17, 15) is 18.0 Å². The summed E-state index contributed by atoms with van der Waals surface area (Å²) in [6, 6.07) is 5.95. The Morgan fingerprint density at radius 2 is 1.92 bits per heavy atom. The van der Waals surface area contributed by atoms with Crippen LogP contribution < -0.4 is 0 Å². The Morgan fingerprint density at radius 3 is 2.50 bits per heavy atom. The number of nitrogens with zero attached hydrogens (tertiary/aromatic N) is 2. The topological polar surface area (TPSA) is 95.0 Å². The Bertz CT molecular complexity index is 745. The van der Waals surface area contributed by atoms with Crippen molar-refractivity contribution < 1.29 is 23.1 Å². The van der Waals surface area contributed by atoms with Gasteiger partial charge in [0, 0.05) is 38.7 Å². The number of hydrogen-bond donors (Lipinski definition) is 1. The van der Waals surface area contributed by atoms with E-state index in [1.807, 2.05) is 6.92 Å². The molecule has 0 radical (unpaired) electrons. The SMILES string of the molecule is CC1CCCN(S(=O)(=O)c2ccc(C(=O)N(C)CCCC(=O)O)cc2)C1. The minimum Gasteiger partial charge on any atom is -0.481 e. The van der Waals surface area contributed by atoms with Gasteiger partial charge in [-0.25, -0.2) is 8.42 Å². The van der Waals surface area contributed by atoms with Crippen molar-refractivity contribution in [3.8, 4) is 0 Å². The van der Waals surface area contributed by atoms with Gasteiger partial charge in [-0.1, -0.05) is 6.92 Å². The summed E-state index contributed by atoms with van der Waals surface area (Å²) in [4.78, 5) is 24.5. The van der Waals surface area contributed by atoms with Crippen LogP contribution in [0.15, 0.2) is 29.2 Å². The van der Waals surface area contributed by atoms with E-state index in [-0.39, 0.29) is 17.2 Å². The molecule has 1 atom stereocenters. The van der Waals surface area contributed by atoms with Gasteiger partial charge in [-0.05, 0) is 49.4 Å². The lowest BCUT2D eigenvalue weighted by molar-refractivity contribution is -0.137. The lowest BCUT2D eigenvalue weighted by atomic mass is 10.0. The van der Waals surface area contributed by atoms with E-state index in [0.29, 0.717) is 37.5 Å². The van der Waals surface area contributed by atoms with Crippen LogP contribution in [0.1, 0.15) is 43.0 Å². The van der Waals surface area contributed by atoms with Gasteiger partial charge in [0.2, 0.25) is 10.0 Å². The zero-order chi connectivity index (χ0) is 19.3. The number of rotatable bonds is 7. The van der Waals surface area contributed by atoms with E-state index in [4.69, 9.17) is 5.11 Å². The first-order chi connectivity index (χ1) is 12.2. The van der Waals surface area contributed by atoms with Crippen molar-refractivity contribution >= 4 is 21.9 Å². The average Bonchev–Trinajstić information content (AvgIpc) is 2.60. The molecular formula is C18H26N2O5S. The largest absolute Gasteiger partial charge is 0.481 e. The fourth-order valence-corrected chi connectivity index (χ4v) is 4.67. The number of carboxylic acid groups (broad SMARTS) is 1. The summed E-state index contributed by atoms with van der Waals surface area (Å²) >= 11 is 0. The van der Waals surface area contributed by atoms with Gasteiger partial charge < -0.3 is 10.0 Å². The van der Waals surface area contributed by atoms with Crippen LogP contribution in [0.5, 0.6) is 0 Å². The second kappa shape index (κ2) is 8.64. The van der Waals surface area contributed by atoms with E-state index in [1.54, 1.807) is 7.05 Å². The number of hydrogen-bond acceptors (Lipinski definition) is 4. The molecule has 1 unspecified atom stereocenters. The molecule has 2 rings (SSSR count). The van der Waals surface area contributed by atoms with Crippen LogP contribution in [-0.4, -0.2) is 61.3 Å². The highest BCUT2D eigenvalue weighted by molar-refractivity contribution is 7.89. The second-order valence-electron chi connectivity index (χ2n) is 6.86. The lowest BCUT2D eigenvalue weighted by Crippen LogP contribution is -2.39. The van der Waals surface area contributed by atoms with Gasteiger partial charge in [0.25, 0.3) is 5.91 Å². The Hall–Kier alpha value is -1.93. The molecule has 1 aromatic carbocycles. The molecule has 7 nitrogen and oxygen atoms in total. The maximum Gasteiger partial charge on any atom is 0.303 e. The summed E-state index contributed by atoms with van der Waals surface area (Å²) in [5, 5.41) is 8.65. The van der Waals surface area contributed by atoms with E-state index in [2.05, 4.69) is 0 Å². The third-order valence-electron chi connectivity index (χ3n) is 4.59. The van der Waals surface area contributed by atoms with Gasteiger partial charge in [0.05, 0.1) is 4.90 Å². The normalized spacial score (nSPS) is 18.5. The van der Waals surface area contributed by atoms with Crippen LogP contribution in [0.2, 0.25) is 0 Å². The van der Waals surface area contributed by atoms with E-state index < -0.39 is 16.0 Å². The minimum atomic E-state index is -3.54. The smallest absolute Gasteiger partial charge is 0.303 e. The first kappa shape index (κ1) is 20.4. The van der Waals surface area contributed by atoms with Gasteiger partial charge in [-0.2, -0.15) is 4.31 Å². The Labute approximate surface area is 154 Å². The average molecular weight is 382 g/mol. The van der Waals surface area contributed by atoms with Gasteiger partial charge in [-0.3, -0.25) is 9.59 Å². The van der Waals surface area contributed by atoms with Crippen molar-refractivity contribution in [1.29, 1.82) is 0 Å².